The molecular weight excluding hydrogens is 126 g/mol. The highest BCUT2D eigenvalue weighted by atomic mass is 14.8. The van der Waals surface area contributed by atoms with E-state index in [1.807, 2.05) is 6.07 Å². The second kappa shape index (κ2) is 1.73. The van der Waals surface area contributed by atoms with Gasteiger partial charge < -0.3 is 10.7 Å². The molecule has 2 heterocycles. The van der Waals surface area contributed by atoms with Gasteiger partial charge in [0.15, 0.2) is 0 Å². The van der Waals surface area contributed by atoms with Crippen molar-refractivity contribution in [2.75, 3.05) is 5.73 Å². The average Bonchev–Trinajstić information content (AvgIpc) is 2.34. The van der Waals surface area contributed by atoms with Crippen molar-refractivity contribution in [3.05, 3.63) is 24.7 Å². The number of nitrogens with zero attached hydrogens (tertiary/aromatic N) is 1. The van der Waals surface area contributed by atoms with Crippen LogP contribution in [-0.2, 0) is 0 Å². The van der Waals surface area contributed by atoms with Crippen molar-refractivity contribution in [2.45, 2.75) is 0 Å². The summed E-state index contributed by atoms with van der Waals surface area (Å²) in [6.45, 7) is 0. The summed E-state index contributed by atoms with van der Waals surface area (Å²) in [6.07, 6.45) is 5.25. The third kappa shape index (κ3) is 0.572. The van der Waals surface area contributed by atoms with Crippen LogP contribution in [0, 0.1) is 0 Å². The number of H-pyrrole nitrogens is 1. The molecule has 0 aliphatic heterocycles. The first-order chi connectivity index (χ1) is 4.88. The first-order valence-electron chi connectivity index (χ1n) is 3.04. The lowest BCUT2D eigenvalue weighted by molar-refractivity contribution is 1.34. The van der Waals surface area contributed by atoms with E-state index >= 15 is 0 Å². The number of pyridine rings is 1. The molecule has 2 aromatic rings. The van der Waals surface area contributed by atoms with E-state index in [0.29, 0.717) is 0 Å². The van der Waals surface area contributed by atoms with Gasteiger partial charge in [0.25, 0.3) is 0 Å². The molecule has 3 nitrogen and oxygen atoms in total. The van der Waals surface area contributed by atoms with Gasteiger partial charge in [0.05, 0.1) is 17.4 Å². The summed E-state index contributed by atoms with van der Waals surface area (Å²) in [7, 11) is 0. The topological polar surface area (TPSA) is 54.7 Å². The Kier molecular flexibility index (Phi) is 0.917. The van der Waals surface area contributed by atoms with E-state index in [2.05, 4.69) is 9.97 Å². The van der Waals surface area contributed by atoms with Crippen LogP contribution < -0.4 is 5.73 Å². The van der Waals surface area contributed by atoms with Gasteiger partial charge in [-0.05, 0) is 6.07 Å². The summed E-state index contributed by atoms with van der Waals surface area (Å²) < 4.78 is 0. The molecule has 2 rings (SSSR count). The molecule has 0 aromatic carbocycles. The van der Waals surface area contributed by atoms with Gasteiger partial charge in [-0.2, -0.15) is 0 Å². The van der Waals surface area contributed by atoms with Crippen molar-refractivity contribution in [3.63, 3.8) is 0 Å². The Bertz CT molecular complexity index is 350. The molecule has 50 valence electrons. The largest absolute Gasteiger partial charge is 0.397 e. The molecule has 0 spiro atoms. The maximum absolute atomic E-state index is 5.62. The molecule has 10 heavy (non-hydrogen) atoms. The smallest absolute Gasteiger partial charge is 0.0661 e. The van der Waals surface area contributed by atoms with Gasteiger partial charge in [-0.1, -0.05) is 0 Å². The van der Waals surface area contributed by atoms with Crippen LogP contribution in [0.5, 0.6) is 0 Å². The third-order valence-corrected chi connectivity index (χ3v) is 1.52. The van der Waals surface area contributed by atoms with E-state index < -0.39 is 0 Å². The molecule has 0 radical (unpaired) electrons. The zero-order chi connectivity index (χ0) is 6.97. The highest BCUT2D eigenvalue weighted by Crippen LogP contribution is 2.17. The van der Waals surface area contributed by atoms with E-state index in [0.717, 1.165) is 16.6 Å². The number of hydrogen-bond donors (Lipinski definition) is 2. The molecule has 0 aliphatic carbocycles. The van der Waals surface area contributed by atoms with Crippen LogP contribution in [0.25, 0.3) is 10.9 Å². The number of nitrogen functional groups attached to an aromatic ring is 1. The lowest BCUT2D eigenvalue weighted by Gasteiger charge is -1.86. The molecule has 0 saturated heterocycles. The molecule has 3 heteroatoms. The molecule has 0 bridgehead atoms. The number of aromatic amines is 1. The Labute approximate surface area is 57.9 Å². The Balaban J connectivity index is 2.93. The Morgan fingerprint density at radius 2 is 2.40 bits per heavy atom. The van der Waals surface area contributed by atoms with Crippen LogP contribution in [0.4, 0.5) is 5.69 Å². The summed E-state index contributed by atoms with van der Waals surface area (Å²) in [5, 5.41) is 1.04. The van der Waals surface area contributed by atoms with Crippen LogP contribution in [0.15, 0.2) is 24.7 Å². The van der Waals surface area contributed by atoms with E-state index in [1.165, 1.54) is 0 Å². The van der Waals surface area contributed by atoms with E-state index in [-0.39, 0.29) is 0 Å². The highest BCUT2D eigenvalue weighted by molar-refractivity contribution is 5.90. The van der Waals surface area contributed by atoms with Gasteiger partial charge in [0.2, 0.25) is 0 Å². The van der Waals surface area contributed by atoms with E-state index in [1.54, 1.807) is 18.6 Å². The molecule has 2 aromatic heterocycles. The van der Waals surface area contributed by atoms with Crippen molar-refractivity contribution < 1.29 is 0 Å². The molecule has 0 atom stereocenters. The fraction of sp³-hybridized carbons (Fsp3) is 0. The quantitative estimate of drug-likeness (QED) is 0.566. The normalized spacial score (nSPS) is 10.4. The standard InChI is InChI=1S/C7H7N3/c8-6-3-10-7-4-9-2-1-5(6)7/h1-4,10H,8H2. The van der Waals surface area contributed by atoms with Gasteiger partial charge >= 0.3 is 0 Å². The number of anilines is 1. The summed E-state index contributed by atoms with van der Waals surface area (Å²) in [6, 6.07) is 1.89. The molecular formula is C7H7N3. The minimum absolute atomic E-state index is 0.775. The SMILES string of the molecule is Nc1c[nH]c2cnccc12. The summed E-state index contributed by atoms with van der Waals surface area (Å²) >= 11 is 0. The van der Waals surface area contributed by atoms with Crippen LogP contribution in [0.1, 0.15) is 0 Å². The van der Waals surface area contributed by atoms with Gasteiger partial charge in [0.1, 0.15) is 0 Å². The van der Waals surface area contributed by atoms with Gasteiger partial charge in [0, 0.05) is 17.8 Å². The van der Waals surface area contributed by atoms with Gasteiger partial charge in [-0.15, -0.1) is 0 Å². The minimum Gasteiger partial charge on any atom is -0.397 e. The second-order valence-electron chi connectivity index (χ2n) is 2.17. The van der Waals surface area contributed by atoms with Crippen molar-refractivity contribution in [3.8, 4) is 0 Å². The van der Waals surface area contributed by atoms with Crippen LogP contribution in [0.2, 0.25) is 0 Å². The zero-order valence-electron chi connectivity index (χ0n) is 5.33. The van der Waals surface area contributed by atoms with Crippen molar-refractivity contribution in [2.24, 2.45) is 0 Å². The van der Waals surface area contributed by atoms with Crippen molar-refractivity contribution in [1.82, 2.24) is 9.97 Å². The average molecular weight is 133 g/mol. The summed E-state index contributed by atoms with van der Waals surface area (Å²) in [5.74, 6) is 0. The summed E-state index contributed by atoms with van der Waals surface area (Å²) in [5.41, 5.74) is 7.38. The molecule has 0 fully saturated rings. The lowest BCUT2D eigenvalue weighted by atomic mass is 10.3. The Hall–Kier alpha value is -1.51. The van der Waals surface area contributed by atoms with Crippen LogP contribution >= 0.6 is 0 Å². The van der Waals surface area contributed by atoms with Gasteiger partial charge in [-0.25, -0.2) is 0 Å². The molecule has 0 amide bonds. The Morgan fingerprint density at radius 1 is 1.50 bits per heavy atom. The minimum atomic E-state index is 0.775. The molecule has 0 saturated carbocycles. The zero-order valence-corrected chi connectivity index (χ0v) is 5.33. The van der Waals surface area contributed by atoms with E-state index in [4.69, 9.17) is 5.73 Å². The summed E-state index contributed by atoms with van der Waals surface area (Å²) in [4.78, 5) is 6.94. The number of aromatic nitrogens is 2. The fourth-order valence-corrected chi connectivity index (χ4v) is 0.994. The first-order valence-corrected chi connectivity index (χ1v) is 3.04. The number of nitrogens with two attached hydrogens (primary N) is 1. The maximum atomic E-state index is 5.62. The van der Waals surface area contributed by atoms with Crippen LogP contribution in [-0.4, -0.2) is 9.97 Å². The molecule has 3 N–H and O–H groups in total. The molecule has 0 aliphatic rings. The molecule has 0 unspecified atom stereocenters. The van der Waals surface area contributed by atoms with Crippen molar-refractivity contribution in [1.29, 1.82) is 0 Å². The van der Waals surface area contributed by atoms with E-state index in [9.17, 15) is 0 Å². The Morgan fingerprint density at radius 3 is 3.20 bits per heavy atom. The lowest BCUT2D eigenvalue weighted by Crippen LogP contribution is -1.79. The third-order valence-electron chi connectivity index (χ3n) is 1.52. The van der Waals surface area contributed by atoms with Crippen molar-refractivity contribution >= 4 is 16.6 Å². The predicted molar refractivity (Wildman–Crippen MR) is 40.5 cm³/mol. The highest BCUT2D eigenvalue weighted by Gasteiger charge is 1.95. The second-order valence-corrected chi connectivity index (χ2v) is 2.17. The van der Waals surface area contributed by atoms with Crippen LogP contribution in [0.3, 0.4) is 0 Å². The predicted octanol–water partition coefficient (Wildman–Crippen LogP) is 1.15. The monoisotopic (exact) mass is 133 g/mol. The fourth-order valence-electron chi connectivity index (χ4n) is 0.994. The van der Waals surface area contributed by atoms with Gasteiger partial charge in [-0.3, -0.25) is 4.98 Å². The number of nitrogens with one attached hydrogen (secondary N) is 1. The number of fused-ring (bicyclic) bond motifs is 1. The number of rotatable bonds is 0. The number of hydrogen-bond acceptors (Lipinski definition) is 2. The first kappa shape index (κ1) is 5.29. The maximum Gasteiger partial charge on any atom is 0.0661 e.